The molecule has 0 bridgehead atoms. The third-order valence-electron chi connectivity index (χ3n) is 2.55. The van der Waals surface area contributed by atoms with E-state index in [0.717, 1.165) is 0 Å². The Morgan fingerprint density at radius 3 is 2.43 bits per heavy atom. The van der Waals surface area contributed by atoms with E-state index in [1.807, 2.05) is 0 Å². The summed E-state index contributed by atoms with van der Waals surface area (Å²) in [7, 11) is -3.66. The maximum Gasteiger partial charge on any atom is 0.324 e. The topological polar surface area (TPSA) is 80.7 Å². The van der Waals surface area contributed by atoms with E-state index >= 15 is 0 Å². The van der Waals surface area contributed by atoms with Gasteiger partial charge >= 0.3 is 5.97 Å². The van der Waals surface area contributed by atoms with Crippen LogP contribution >= 0.6 is 0 Å². The molecule has 1 N–H and O–H groups in total. The van der Waals surface area contributed by atoms with Crippen LogP contribution < -0.4 is 0 Å². The van der Waals surface area contributed by atoms with Crippen molar-refractivity contribution in [2.45, 2.75) is 30.3 Å². The van der Waals surface area contributed by atoms with Crippen LogP contribution in [0.1, 0.15) is 20.3 Å². The van der Waals surface area contributed by atoms with Gasteiger partial charge in [0.1, 0.15) is 0 Å². The van der Waals surface area contributed by atoms with Crippen molar-refractivity contribution in [3.05, 3.63) is 0 Å². The first-order valence-corrected chi connectivity index (χ1v) is 5.89. The van der Waals surface area contributed by atoms with E-state index in [0.29, 0.717) is 13.0 Å². The molecule has 82 valence electrons. The molecule has 0 saturated carbocycles. The molecule has 0 spiro atoms. The average Bonchev–Trinajstić information content (AvgIpc) is 2.55. The summed E-state index contributed by atoms with van der Waals surface area (Å²) in [5.41, 5.74) is 0. The molecule has 1 fully saturated rings. The Hall–Kier alpha value is -0.620. The normalized spacial score (nSPS) is 23.7. The number of carbonyl (C=O) groups is 1. The lowest BCUT2D eigenvalue weighted by atomic mass is 10.2. The molecule has 0 radical (unpaired) electrons. The van der Waals surface area contributed by atoms with Gasteiger partial charge in [0.25, 0.3) is 0 Å². The Balaban J connectivity index is 3.00. The molecule has 1 unspecified atom stereocenters. The molecule has 0 amide bonds. The van der Waals surface area contributed by atoms with Gasteiger partial charge in [-0.2, -0.15) is 0 Å². The summed E-state index contributed by atoms with van der Waals surface area (Å²) < 4.78 is 26.9. The van der Waals surface area contributed by atoms with Crippen molar-refractivity contribution in [3.8, 4) is 0 Å². The Bertz CT molecular complexity index is 324. The minimum atomic E-state index is -3.66. The number of carboxylic acids is 1. The van der Waals surface area contributed by atoms with Crippen molar-refractivity contribution in [2.24, 2.45) is 0 Å². The highest BCUT2D eigenvalue weighted by atomic mass is 32.2. The van der Waals surface area contributed by atoms with E-state index in [4.69, 9.17) is 9.84 Å². The maximum absolute atomic E-state index is 11.8. The van der Waals surface area contributed by atoms with Crippen LogP contribution in [0.4, 0.5) is 0 Å². The van der Waals surface area contributed by atoms with Gasteiger partial charge in [0.05, 0.1) is 11.9 Å². The van der Waals surface area contributed by atoms with Crippen LogP contribution in [0.5, 0.6) is 0 Å². The Labute approximate surface area is 83.0 Å². The van der Waals surface area contributed by atoms with E-state index in [1.54, 1.807) is 0 Å². The molecule has 14 heavy (non-hydrogen) atoms. The minimum absolute atomic E-state index is 0.110. The molecule has 0 aromatic carbocycles. The predicted octanol–water partition coefficient (Wildman–Crippen LogP) is 0.0533. The minimum Gasteiger partial charge on any atom is -0.480 e. The first-order valence-electron chi connectivity index (χ1n) is 4.34. The van der Waals surface area contributed by atoms with Crippen molar-refractivity contribution in [1.82, 2.24) is 0 Å². The fourth-order valence-electron chi connectivity index (χ4n) is 1.30. The lowest BCUT2D eigenvalue weighted by Gasteiger charge is -2.23. The highest BCUT2D eigenvalue weighted by Gasteiger charge is 2.47. The Morgan fingerprint density at radius 2 is 2.07 bits per heavy atom. The molecule has 1 rings (SSSR count). The molecule has 5 nitrogen and oxygen atoms in total. The van der Waals surface area contributed by atoms with Gasteiger partial charge in [-0.25, -0.2) is 8.42 Å². The number of aliphatic carboxylic acids is 1. The number of rotatable bonds is 3. The summed E-state index contributed by atoms with van der Waals surface area (Å²) in [4.78, 5) is 10.8. The van der Waals surface area contributed by atoms with Gasteiger partial charge in [-0.15, -0.1) is 0 Å². The number of ether oxygens (including phenoxy) is 1. The van der Waals surface area contributed by atoms with Gasteiger partial charge in [-0.05, 0) is 20.3 Å². The monoisotopic (exact) mass is 222 g/mol. The van der Waals surface area contributed by atoms with E-state index in [9.17, 15) is 13.2 Å². The predicted molar refractivity (Wildman–Crippen MR) is 49.9 cm³/mol. The zero-order chi connectivity index (χ0) is 11.0. The zero-order valence-corrected chi connectivity index (χ0v) is 9.00. The molecule has 1 heterocycles. The lowest BCUT2D eigenvalue weighted by Crippen LogP contribution is -2.46. The van der Waals surface area contributed by atoms with Gasteiger partial charge < -0.3 is 9.84 Å². The Morgan fingerprint density at radius 1 is 1.50 bits per heavy atom. The quantitative estimate of drug-likeness (QED) is 0.730. The van der Waals surface area contributed by atoms with Gasteiger partial charge in [0.15, 0.2) is 14.6 Å². The molecule has 0 aromatic rings. The summed E-state index contributed by atoms with van der Waals surface area (Å²) in [6.45, 7) is 2.92. The first kappa shape index (κ1) is 11.5. The van der Waals surface area contributed by atoms with Crippen LogP contribution in [0.3, 0.4) is 0 Å². The molecular formula is C8H14O5S. The smallest absolute Gasteiger partial charge is 0.324 e. The van der Waals surface area contributed by atoms with Gasteiger partial charge in [-0.3, -0.25) is 4.79 Å². The van der Waals surface area contributed by atoms with Crippen molar-refractivity contribution in [3.63, 3.8) is 0 Å². The van der Waals surface area contributed by atoms with E-state index in [-0.39, 0.29) is 6.61 Å². The average molecular weight is 222 g/mol. The molecule has 1 aliphatic rings. The van der Waals surface area contributed by atoms with Crippen molar-refractivity contribution in [1.29, 1.82) is 0 Å². The summed E-state index contributed by atoms with van der Waals surface area (Å²) >= 11 is 0. The molecule has 0 aliphatic carbocycles. The van der Waals surface area contributed by atoms with Crippen molar-refractivity contribution >= 4 is 15.8 Å². The van der Waals surface area contributed by atoms with Crippen LogP contribution in [-0.2, 0) is 19.4 Å². The molecule has 6 heteroatoms. The zero-order valence-electron chi connectivity index (χ0n) is 8.19. The van der Waals surface area contributed by atoms with E-state index in [2.05, 4.69) is 0 Å². The summed E-state index contributed by atoms with van der Waals surface area (Å²) in [6, 6.07) is 0. The highest BCUT2D eigenvalue weighted by molar-refractivity contribution is 7.94. The van der Waals surface area contributed by atoms with Gasteiger partial charge in [0, 0.05) is 6.61 Å². The van der Waals surface area contributed by atoms with Crippen LogP contribution in [0, 0.1) is 0 Å². The van der Waals surface area contributed by atoms with Gasteiger partial charge in [-0.1, -0.05) is 0 Å². The van der Waals surface area contributed by atoms with Gasteiger partial charge in [0.2, 0.25) is 0 Å². The van der Waals surface area contributed by atoms with Crippen molar-refractivity contribution in [2.75, 3.05) is 13.2 Å². The molecule has 0 aromatic heterocycles. The number of hydrogen-bond donors (Lipinski definition) is 1. The Kier molecular flexibility index (Phi) is 2.87. The standard InChI is InChI=1S/C8H14O5S/c1-8(2,7(9)10)14(11,12)6-3-4-13-5-6/h6H,3-5H2,1-2H3,(H,9,10). The third kappa shape index (κ3) is 1.64. The lowest BCUT2D eigenvalue weighted by molar-refractivity contribution is -0.139. The second-order valence-corrected chi connectivity index (χ2v) is 6.62. The summed E-state index contributed by atoms with van der Waals surface area (Å²) in [5.74, 6) is -1.32. The highest BCUT2D eigenvalue weighted by Crippen LogP contribution is 2.26. The fraction of sp³-hybridized carbons (Fsp3) is 0.875. The van der Waals surface area contributed by atoms with E-state index < -0.39 is 25.8 Å². The molecule has 1 atom stereocenters. The van der Waals surface area contributed by atoms with Crippen molar-refractivity contribution < 1.29 is 23.1 Å². The molecular weight excluding hydrogens is 208 g/mol. The fourth-order valence-corrected chi connectivity index (χ4v) is 3.05. The van der Waals surface area contributed by atoms with Crippen LogP contribution in [0.15, 0.2) is 0 Å². The maximum atomic E-state index is 11.8. The SMILES string of the molecule is CC(C)(C(=O)O)S(=O)(=O)C1CCOC1. The largest absolute Gasteiger partial charge is 0.480 e. The molecule has 1 saturated heterocycles. The van der Waals surface area contributed by atoms with Crippen LogP contribution in [0.2, 0.25) is 0 Å². The number of carboxylic acid groups (broad SMARTS) is 1. The van der Waals surface area contributed by atoms with Crippen LogP contribution in [0.25, 0.3) is 0 Å². The molecule has 1 aliphatic heterocycles. The van der Waals surface area contributed by atoms with Crippen LogP contribution in [-0.4, -0.2) is 42.7 Å². The third-order valence-corrected chi connectivity index (χ3v) is 5.40. The first-order chi connectivity index (χ1) is 6.30. The second kappa shape index (κ2) is 3.51. The number of sulfone groups is 1. The second-order valence-electron chi connectivity index (χ2n) is 3.85. The summed E-state index contributed by atoms with van der Waals surface area (Å²) in [6.07, 6.45) is 0.388. The number of hydrogen-bond acceptors (Lipinski definition) is 4. The summed E-state index contributed by atoms with van der Waals surface area (Å²) in [5, 5.41) is 8.14. The van der Waals surface area contributed by atoms with E-state index in [1.165, 1.54) is 13.8 Å².